The van der Waals surface area contributed by atoms with Gasteiger partial charge in [-0.15, -0.1) is 11.3 Å². The average Bonchev–Trinajstić information content (AvgIpc) is 2.76. The number of hydrogen-bond donors (Lipinski definition) is 2. The van der Waals surface area contributed by atoms with Crippen molar-refractivity contribution in [3.8, 4) is 0 Å². The first-order valence-electron chi connectivity index (χ1n) is 5.84. The Morgan fingerprint density at radius 1 is 1.38 bits per heavy atom. The number of hydrogen-bond acceptors (Lipinski definition) is 3. The molecule has 0 saturated carbocycles. The number of rotatable bonds is 7. The van der Waals surface area contributed by atoms with Crippen molar-refractivity contribution in [2.75, 3.05) is 19.6 Å². The smallest absolute Gasteiger partial charge is 0.261 e. The molecule has 3 nitrogen and oxygen atoms in total. The van der Waals surface area contributed by atoms with E-state index in [0.717, 1.165) is 42.9 Å². The molecule has 0 aliphatic carbocycles. The molecule has 1 rings (SSSR count). The number of amides is 1. The van der Waals surface area contributed by atoms with Crippen molar-refractivity contribution in [3.05, 3.63) is 21.9 Å². The normalized spacial score (nSPS) is 10.4. The van der Waals surface area contributed by atoms with Crippen LogP contribution in [0, 0.1) is 0 Å². The summed E-state index contributed by atoms with van der Waals surface area (Å²) >= 11 is 1.52. The van der Waals surface area contributed by atoms with Gasteiger partial charge in [-0.1, -0.05) is 13.8 Å². The predicted octanol–water partition coefficient (Wildman–Crippen LogP) is 2.04. The van der Waals surface area contributed by atoms with Crippen LogP contribution in [0.3, 0.4) is 0 Å². The van der Waals surface area contributed by atoms with Crippen LogP contribution in [0.15, 0.2) is 11.4 Å². The molecule has 0 aliphatic rings. The highest BCUT2D eigenvalue weighted by Crippen LogP contribution is 2.16. The highest BCUT2D eigenvalue weighted by molar-refractivity contribution is 7.12. The molecule has 16 heavy (non-hydrogen) atoms. The molecule has 0 fully saturated rings. The summed E-state index contributed by atoms with van der Waals surface area (Å²) in [5.41, 5.74) is 1.15. The molecular formula is C12H20N2OS. The van der Waals surface area contributed by atoms with Crippen LogP contribution in [-0.4, -0.2) is 25.5 Å². The van der Waals surface area contributed by atoms with Gasteiger partial charge in [0.2, 0.25) is 0 Å². The summed E-state index contributed by atoms with van der Waals surface area (Å²) in [6.45, 7) is 6.84. The largest absolute Gasteiger partial charge is 0.351 e. The molecule has 1 amide bonds. The van der Waals surface area contributed by atoms with Crippen molar-refractivity contribution < 1.29 is 4.79 Å². The van der Waals surface area contributed by atoms with Gasteiger partial charge in [0.05, 0.1) is 4.88 Å². The third-order valence-corrected chi connectivity index (χ3v) is 3.36. The fraction of sp³-hybridized carbons (Fsp3) is 0.583. The van der Waals surface area contributed by atoms with Crippen LogP contribution in [-0.2, 0) is 6.42 Å². The Labute approximate surface area is 101 Å². The van der Waals surface area contributed by atoms with Crippen LogP contribution in [0.5, 0.6) is 0 Å². The highest BCUT2D eigenvalue weighted by Gasteiger charge is 2.10. The summed E-state index contributed by atoms with van der Waals surface area (Å²) < 4.78 is 0. The molecule has 0 spiro atoms. The minimum atomic E-state index is 0.0725. The zero-order valence-electron chi connectivity index (χ0n) is 10.0. The van der Waals surface area contributed by atoms with Crippen LogP contribution in [0.2, 0.25) is 0 Å². The van der Waals surface area contributed by atoms with Crippen molar-refractivity contribution in [3.63, 3.8) is 0 Å². The molecule has 90 valence electrons. The Morgan fingerprint density at radius 3 is 2.88 bits per heavy atom. The quantitative estimate of drug-likeness (QED) is 0.716. The molecule has 0 unspecified atom stereocenters. The van der Waals surface area contributed by atoms with Crippen LogP contribution >= 0.6 is 11.3 Å². The standard InChI is InChI=1S/C12H20N2OS/c1-3-10-6-9-16-11(10)12(15)14-8-5-7-13-4-2/h6,9,13H,3-5,7-8H2,1-2H3,(H,14,15). The zero-order chi connectivity index (χ0) is 11.8. The lowest BCUT2D eigenvalue weighted by Crippen LogP contribution is -2.27. The molecule has 2 N–H and O–H groups in total. The van der Waals surface area contributed by atoms with E-state index in [1.54, 1.807) is 0 Å². The average molecular weight is 240 g/mol. The van der Waals surface area contributed by atoms with Gasteiger partial charge in [0.1, 0.15) is 0 Å². The fourth-order valence-electron chi connectivity index (χ4n) is 1.49. The molecule has 0 saturated heterocycles. The van der Waals surface area contributed by atoms with E-state index >= 15 is 0 Å². The Hall–Kier alpha value is -0.870. The minimum Gasteiger partial charge on any atom is -0.351 e. The van der Waals surface area contributed by atoms with E-state index < -0.39 is 0 Å². The second kappa shape index (κ2) is 7.41. The number of carbonyl (C=O) groups is 1. The van der Waals surface area contributed by atoms with Gasteiger partial charge in [-0.05, 0) is 42.9 Å². The Morgan fingerprint density at radius 2 is 2.19 bits per heavy atom. The van der Waals surface area contributed by atoms with Gasteiger partial charge < -0.3 is 10.6 Å². The van der Waals surface area contributed by atoms with Crippen molar-refractivity contribution in [1.29, 1.82) is 0 Å². The second-order valence-electron chi connectivity index (χ2n) is 3.59. The monoisotopic (exact) mass is 240 g/mol. The van der Waals surface area contributed by atoms with E-state index in [9.17, 15) is 4.79 Å². The third kappa shape index (κ3) is 3.94. The zero-order valence-corrected chi connectivity index (χ0v) is 10.8. The summed E-state index contributed by atoms with van der Waals surface area (Å²) in [7, 11) is 0. The molecule has 0 aromatic carbocycles. The molecule has 1 aromatic rings. The van der Waals surface area contributed by atoms with Crippen molar-refractivity contribution in [1.82, 2.24) is 10.6 Å². The molecule has 1 aromatic heterocycles. The molecular weight excluding hydrogens is 220 g/mol. The van der Waals surface area contributed by atoms with E-state index in [-0.39, 0.29) is 5.91 Å². The summed E-state index contributed by atoms with van der Waals surface area (Å²) in [4.78, 5) is 12.7. The van der Waals surface area contributed by atoms with Crippen molar-refractivity contribution in [2.24, 2.45) is 0 Å². The number of carbonyl (C=O) groups excluding carboxylic acids is 1. The first-order chi connectivity index (χ1) is 7.79. The van der Waals surface area contributed by atoms with Crippen molar-refractivity contribution >= 4 is 17.2 Å². The summed E-state index contributed by atoms with van der Waals surface area (Å²) in [6.07, 6.45) is 1.90. The van der Waals surface area contributed by atoms with Crippen LogP contribution in [0.1, 0.15) is 35.5 Å². The molecule has 0 atom stereocenters. The van der Waals surface area contributed by atoms with Gasteiger partial charge in [0.15, 0.2) is 0 Å². The van der Waals surface area contributed by atoms with Gasteiger partial charge in [-0.3, -0.25) is 4.79 Å². The summed E-state index contributed by atoms with van der Waals surface area (Å²) in [5.74, 6) is 0.0725. The topological polar surface area (TPSA) is 41.1 Å². The van der Waals surface area contributed by atoms with Crippen LogP contribution in [0.25, 0.3) is 0 Å². The van der Waals surface area contributed by atoms with E-state index in [0.29, 0.717) is 0 Å². The van der Waals surface area contributed by atoms with E-state index in [1.807, 2.05) is 11.4 Å². The van der Waals surface area contributed by atoms with Gasteiger partial charge in [0, 0.05) is 6.54 Å². The van der Waals surface area contributed by atoms with Crippen molar-refractivity contribution in [2.45, 2.75) is 26.7 Å². The van der Waals surface area contributed by atoms with E-state index in [2.05, 4.69) is 24.5 Å². The minimum absolute atomic E-state index is 0.0725. The predicted molar refractivity (Wildman–Crippen MR) is 69.2 cm³/mol. The lowest BCUT2D eigenvalue weighted by Gasteiger charge is -2.05. The lowest BCUT2D eigenvalue weighted by atomic mass is 10.2. The Balaban J connectivity index is 2.30. The molecule has 4 heteroatoms. The van der Waals surface area contributed by atoms with E-state index in [1.165, 1.54) is 11.3 Å². The maximum atomic E-state index is 11.8. The van der Waals surface area contributed by atoms with Crippen LogP contribution < -0.4 is 10.6 Å². The van der Waals surface area contributed by atoms with Gasteiger partial charge in [-0.25, -0.2) is 0 Å². The highest BCUT2D eigenvalue weighted by atomic mass is 32.1. The molecule has 0 aliphatic heterocycles. The number of nitrogens with one attached hydrogen (secondary N) is 2. The van der Waals surface area contributed by atoms with E-state index in [4.69, 9.17) is 0 Å². The molecule has 0 bridgehead atoms. The molecule has 1 heterocycles. The first kappa shape index (κ1) is 13.2. The summed E-state index contributed by atoms with van der Waals surface area (Å²) in [6, 6.07) is 2.03. The SMILES string of the molecule is CCNCCCNC(=O)c1sccc1CC. The summed E-state index contributed by atoms with van der Waals surface area (Å²) in [5, 5.41) is 8.16. The number of aryl methyl sites for hydroxylation is 1. The number of thiophene rings is 1. The fourth-order valence-corrected chi connectivity index (χ4v) is 2.40. The lowest BCUT2D eigenvalue weighted by molar-refractivity contribution is 0.0956. The maximum Gasteiger partial charge on any atom is 0.261 e. The second-order valence-corrected chi connectivity index (χ2v) is 4.51. The van der Waals surface area contributed by atoms with Crippen LogP contribution in [0.4, 0.5) is 0 Å². The van der Waals surface area contributed by atoms with Gasteiger partial charge >= 0.3 is 0 Å². The Bertz CT molecular complexity index is 323. The van der Waals surface area contributed by atoms with Gasteiger partial charge in [0.25, 0.3) is 5.91 Å². The third-order valence-electron chi connectivity index (χ3n) is 2.40. The molecule has 0 radical (unpaired) electrons. The maximum absolute atomic E-state index is 11.8. The van der Waals surface area contributed by atoms with Gasteiger partial charge in [-0.2, -0.15) is 0 Å². The first-order valence-corrected chi connectivity index (χ1v) is 6.72. The Kier molecular flexibility index (Phi) is 6.11.